The van der Waals surface area contributed by atoms with Crippen molar-refractivity contribution < 1.29 is 18.7 Å². The van der Waals surface area contributed by atoms with E-state index in [0.29, 0.717) is 41.0 Å². The molecule has 8 nitrogen and oxygen atoms in total. The van der Waals surface area contributed by atoms with E-state index >= 15 is 0 Å². The summed E-state index contributed by atoms with van der Waals surface area (Å²) < 4.78 is 12.0. The summed E-state index contributed by atoms with van der Waals surface area (Å²) in [5.41, 5.74) is 2.82. The zero-order valence-electron chi connectivity index (χ0n) is 17.1. The number of aryl methyl sites for hydroxylation is 1. The number of nitrogens with one attached hydrogen (secondary N) is 2. The summed E-state index contributed by atoms with van der Waals surface area (Å²) in [5, 5.41) is 5.42. The van der Waals surface area contributed by atoms with Gasteiger partial charge in [0.2, 0.25) is 0 Å². The SMILES string of the molecule is O=C(Nc1ccccc1)Nc1ccc(C(=O)OCCCn2c(=O)oc3ccccc32)cc1. The maximum atomic E-state index is 12.3. The minimum Gasteiger partial charge on any atom is -0.462 e. The van der Waals surface area contributed by atoms with Crippen LogP contribution in [0.2, 0.25) is 0 Å². The highest BCUT2D eigenvalue weighted by Crippen LogP contribution is 2.14. The molecule has 0 fully saturated rings. The Morgan fingerprint density at radius 2 is 1.50 bits per heavy atom. The quantitative estimate of drug-likeness (QED) is 0.332. The van der Waals surface area contributed by atoms with Crippen molar-refractivity contribution in [3.05, 3.63) is 95.0 Å². The van der Waals surface area contributed by atoms with E-state index in [0.717, 1.165) is 0 Å². The normalized spacial score (nSPS) is 10.6. The van der Waals surface area contributed by atoms with Crippen molar-refractivity contribution >= 4 is 34.5 Å². The third-order valence-corrected chi connectivity index (χ3v) is 4.74. The third-order valence-electron chi connectivity index (χ3n) is 4.74. The van der Waals surface area contributed by atoms with Gasteiger partial charge in [-0.2, -0.15) is 0 Å². The number of para-hydroxylation sites is 3. The van der Waals surface area contributed by atoms with E-state index in [1.807, 2.05) is 30.3 Å². The second-order valence-corrected chi connectivity index (χ2v) is 7.00. The first-order valence-electron chi connectivity index (χ1n) is 10.1. The number of amides is 2. The fourth-order valence-corrected chi connectivity index (χ4v) is 3.20. The molecule has 2 amide bonds. The number of ether oxygens (including phenoxy) is 1. The predicted octanol–water partition coefficient (Wildman–Crippen LogP) is 4.49. The van der Waals surface area contributed by atoms with Crippen LogP contribution < -0.4 is 16.4 Å². The first-order chi connectivity index (χ1) is 15.6. The van der Waals surface area contributed by atoms with Gasteiger partial charge in [0, 0.05) is 17.9 Å². The molecule has 0 bridgehead atoms. The second kappa shape index (κ2) is 9.65. The van der Waals surface area contributed by atoms with Crippen LogP contribution >= 0.6 is 0 Å². The van der Waals surface area contributed by atoms with E-state index in [2.05, 4.69) is 10.6 Å². The molecule has 3 aromatic carbocycles. The van der Waals surface area contributed by atoms with E-state index < -0.39 is 11.7 Å². The highest BCUT2D eigenvalue weighted by molar-refractivity contribution is 6.00. The van der Waals surface area contributed by atoms with Gasteiger partial charge in [-0.1, -0.05) is 30.3 Å². The second-order valence-electron chi connectivity index (χ2n) is 7.00. The minimum absolute atomic E-state index is 0.157. The summed E-state index contributed by atoms with van der Waals surface area (Å²) in [6.07, 6.45) is 0.467. The van der Waals surface area contributed by atoms with Crippen molar-refractivity contribution in [2.75, 3.05) is 17.2 Å². The number of oxazole rings is 1. The Morgan fingerprint density at radius 1 is 0.844 bits per heavy atom. The lowest BCUT2D eigenvalue weighted by Crippen LogP contribution is -2.19. The summed E-state index contributed by atoms with van der Waals surface area (Å²) in [5.74, 6) is -0.911. The molecule has 0 aliphatic heterocycles. The fourth-order valence-electron chi connectivity index (χ4n) is 3.20. The van der Waals surface area contributed by atoms with Crippen LogP contribution in [0.4, 0.5) is 16.2 Å². The number of nitrogens with zero attached hydrogens (tertiary/aromatic N) is 1. The van der Waals surface area contributed by atoms with Crippen molar-refractivity contribution in [3.8, 4) is 0 Å². The number of hydrogen-bond donors (Lipinski definition) is 2. The summed E-state index contributed by atoms with van der Waals surface area (Å²) in [6.45, 7) is 0.534. The molecule has 0 aliphatic carbocycles. The van der Waals surface area contributed by atoms with Crippen molar-refractivity contribution in [2.24, 2.45) is 0 Å². The van der Waals surface area contributed by atoms with E-state index in [4.69, 9.17) is 9.15 Å². The van der Waals surface area contributed by atoms with Gasteiger partial charge < -0.3 is 19.8 Å². The van der Waals surface area contributed by atoms with Crippen LogP contribution in [0.3, 0.4) is 0 Å². The van der Waals surface area contributed by atoms with Crippen LogP contribution in [-0.2, 0) is 11.3 Å². The lowest BCUT2D eigenvalue weighted by Gasteiger charge is -2.09. The Morgan fingerprint density at radius 3 is 2.25 bits per heavy atom. The number of anilines is 2. The molecule has 0 aliphatic rings. The van der Waals surface area contributed by atoms with Crippen LogP contribution in [0.5, 0.6) is 0 Å². The highest BCUT2D eigenvalue weighted by atomic mass is 16.5. The summed E-state index contributed by atoms with van der Waals surface area (Å²) >= 11 is 0. The van der Waals surface area contributed by atoms with Gasteiger partial charge >= 0.3 is 17.8 Å². The number of fused-ring (bicyclic) bond motifs is 1. The van der Waals surface area contributed by atoms with Gasteiger partial charge in [0.15, 0.2) is 5.58 Å². The first-order valence-corrected chi connectivity index (χ1v) is 10.1. The molecule has 1 aromatic heterocycles. The van der Waals surface area contributed by atoms with Crippen molar-refractivity contribution in [1.82, 2.24) is 4.57 Å². The van der Waals surface area contributed by atoms with Crippen LogP contribution in [0.15, 0.2) is 88.1 Å². The summed E-state index contributed by atoms with van der Waals surface area (Å²) in [7, 11) is 0. The molecule has 8 heteroatoms. The monoisotopic (exact) mass is 431 g/mol. The first kappa shape index (κ1) is 20.9. The van der Waals surface area contributed by atoms with Gasteiger partial charge in [-0.15, -0.1) is 0 Å². The molecule has 4 rings (SSSR count). The molecule has 0 atom stereocenters. The van der Waals surface area contributed by atoms with Gasteiger partial charge in [0.1, 0.15) is 0 Å². The molecule has 32 heavy (non-hydrogen) atoms. The van der Waals surface area contributed by atoms with E-state index in [1.165, 1.54) is 4.57 Å². The van der Waals surface area contributed by atoms with Gasteiger partial charge in [-0.05, 0) is 55.0 Å². The molecule has 162 valence electrons. The van der Waals surface area contributed by atoms with Crippen LogP contribution in [-0.4, -0.2) is 23.2 Å². The Kier molecular flexibility index (Phi) is 6.31. The number of benzene rings is 3. The van der Waals surface area contributed by atoms with Gasteiger partial charge in [-0.25, -0.2) is 14.4 Å². The standard InChI is InChI=1S/C24H21N3O5/c28-22(31-16-6-15-27-20-9-4-5-10-21(20)32-24(27)30)17-11-13-19(14-12-17)26-23(29)25-18-7-2-1-3-8-18/h1-5,7-14H,6,15-16H2,(H2,25,26,29). The number of carbonyl (C=O) groups is 2. The lowest BCUT2D eigenvalue weighted by molar-refractivity contribution is 0.0496. The number of hydrogen-bond acceptors (Lipinski definition) is 5. The fraction of sp³-hybridized carbons (Fsp3) is 0.125. The third kappa shape index (κ3) is 5.04. The molecular weight excluding hydrogens is 410 g/mol. The predicted molar refractivity (Wildman–Crippen MR) is 121 cm³/mol. The summed E-state index contributed by atoms with van der Waals surface area (Å²) in [6, 6.07) is 22.3. The molecular formula is C24H21N3O5. The Labute approximate surface area is 183 Å². The van der Waals surface area contributed by atoms with Crippen LogP contribution in [0, 0.1) is 0 Å². The molecule has 2 N–H and O–H groups in total. The Hall–Kier alpha value is -4.33. The molecule has 0 unspecified atom stereocenters. The van der Waals surface area contributed by atoms with E-state index in [1.54, 1.807) is 48.5 Å². The molecule has 1 heterocycles. The molecule has 0 saturated heterocycles. The zero-order chi connectivity index (χ0) is 22.3. The highest BCUT2D eigenvalue weighted by Gasteiger charge is 2.10. The molecule has 0 spiro atoms. The number of carbonyl (C=O) groups excluding carboxylic acids is 2. The zero-order valence-corrected chi connectivity index (χ0v) is 17.1. The Bertz CT molecular complexity index is 1280. The Balaban J connectivity index is 1.25. The van der Waals surface area contributed by atoms with Gasteiger partial charge in [0.05, 0.1) is 17.7 Å². The maximum Gasteiger partial charge on any atom is 0.419 e. The molecule has 0 radical (unpaired) electrons. The summed E-state index contributed by atoms with van der Waals surface area (Å²) in [4.78, 5) is 36.2. The van der Waals surface area contributed by atoms with Crippen molar-refractivity contribution in [1.29, 1.82) is 0 Å². The van der Waals surface area contributed by atoms with Crippen molar-refractivity contribution in [2.45, 2.75) is 13.0 Å². The number of rotatable bonds is 7. The number of urea groups is 1. The van der Waals surface area contributed by atoms with Crippen molar-refractivity contribution in [3.63, 3.8) is 0 Å². The molecule has 0 saturated carbocycles. The smallest absolute Gasteiger partial charge is 0.419 e. The average molecular weight is 431 g/mol. The average Bonchev–Trinajstić information content (AvgIpc) is 3.12. The topological polar surface area (TPSA) is 103 Å². The molecule has 4 aromatic rings. The number of esters is 1. The van der Waals surface area contributed by atoms with Crippen LogP contribution in [0.1, 0.15) is 16.8 Å². The van der Waals surface area contributed by atoms with E-state index in [-0.39, 0.29) is 12.6 Å². The maximum absolute atomic E-state index is 12.3. The lowest BCUT2D eigenvalue weighted by atomic mass is 10.2. The number of aromatic nitrogens is 1. The van der Waals surface area contributed by atoms with Gasteiger partial charge in [0.25, 0.3) is 0 Å². The minimum atomic E-state index is -0.477. The van der Waals surface area contributed by atoms with E-state index in [9.17, 15) is 14.4 Å². The van der Waals surface area contributed by atoms with Crippen LogP contribution in [0.25, 0.3) is 11.1 Å². The largest absolute Gasteiger partial charge is 0.462 e. The van der Waals surface area contributed by atoms with Gasteiger partial charge in [-0.3, -0.25) is 4.57 Å².